The van der Waals surface area contributed by atoms with E-state index in [4.69, 9.17) is 0 Å². The Hall–Kier alpha value is -0.910. The molecule has 2 saturated heterocycles. The number of unbranched alkanes of at least 4 members (excludes halogenated alkanes) is 1. The number of nitrogens with one attached hydrogen (secondary N) is 3. The summed E-state index contributed by atoms with van der Waals surface area (Å²) in [6.45, 7) is 0. The van der Waals surface area contributed by atoms with Gasteiger partial charge in [0.25, 0.3) is 0 Å². The Morgan fingerprint density at radius 2 is 2.00 bits per heavy atom. The lowest BCUT2D eigenvalue weighted by Gasteiger charge is -2.22. The van der Waals surface area contributed by atoms with Crippen LogP contribution in [0.15, 0.2) is 0 Å². The van der Waals surface area contributed by atoms with E-state index < -0.39 is 0 Å². The lowest BCUT2D eigenvalue weighted by atomic mass is 9.95. The Morgan fingerprint density at radius 1 is 1.18 bits per heavy atom. The third-order valence-corrected chi connectivity index (χ3v) is 6.56. The summed E-state index contributed by atoms with van der Waals surface area (Å²) < 4.78 is 0. The number of urea groups is 1. The molecule has 3 amide bonds. The van der Waals surface area contributed by atoms with Gasteiger partial charge in [-0.1, -0.05) is 25.7 Å². The van der Waals surface area contributed by atoms with Crippen molar-refractivity contribution in [1.82, 2.24) is 16.0 Å². The first-order valence-corrected chi connectivity index (χ1v) is 9.75. The Kier molecular flexibility index (Phi) is 5.50. The van der Waals surface area contributed by atoms with Crippen LogP contribution in [0.25, 0.3) is 0 Å². The number of amides is 3. The van der Waals surface area contributed by atoms with E-state index in [-0.39, 0.29) is 18.0 Å². The third kappa shape index (κ3) is 4.09. The molecule has 3 fully saturated rings. The summed E-state index contributed by atoms with van der Waals surface area (Å²) in [6, 6.07) is 0.991. The summed E-state index contributed by atoms with van der Waals surface area (Å²) in [6.07, 6.45) is 9.89. The smallest absolute Gasteiger partial charge is 0.315 e. The number of carbonyl (C=O) groups is 2. The van der Waals surface area contributed by atoms with Crippen LogP contribution in [-0.4, -0.2) is 41.1 Å². The van der Waals surface area contributed by atoms with Crippen molar-refractivity contribution in [1.29, 1.82) is 0 Å². The Bertz CT molecular complexity index is 412. The van der Waals surface area contributed by atoms with Crippen LogP contribution < -0.4 is 16.0 Å². The van der Waals surface area contributed by atoms with Gasteiger partial charge in [-0.2, -0.15) is 11.8 Å². The average molecular weight is 325 g/mol. The molecule has 3 rings (SSSR count). The minimum absolute atomic E-state index is 0.0211. The molecule has 0 aromatic heterocycles. The molecule has 0 bridgehead atoms. The molecule has 0 radical (unpaired) electrons. The average Bonchev–Trinajstić information content (AvgIpc) is 3.04. The summed E-state index contributed by atoms with van der Waals surface area (Å²) >= 11 is 1.95. The molecule has 124 valence electrons. The number of thioether (sulfide) groups is 1. The van der Waals surface area contributed by atoms with Gasteiger partial charge in [-0.3, -0.25) is 4.79 Å². The van der Waals surface area contributed by atoms with Gasteiger partial charge in [0.1, 0.15) is 0 Å². The van der Waals surface area contributed by atoms with Crippen molar-refractivity contribution >= 4 is 23.7 Å². The number of hydrogen-bond donors (Lipinski definition) is 3. The molecule has 22 heavy (non-hydrogen) atoms. The van der Waals surface area contributed by atoms with Gasteiger partial charge in [-0.05, 0) is 25.7 Å². The van der Waals surface area contributed by atoms with Gasteiger partial charge < -0.3 is 16.0 Å². The van der Waals surface area contributed by atoms with Crippen molar-refractivity contribution in [2.45, 2.75) is 81.2 Å². The highest BCUT2D eigenvalue weighted by molar-refractivity contribution is 8.00. The molecule has 0 aromatic carbocycles. The van der Waals surface area contributed by atoms with E-state index in [0.29, 0.717) is 23.8 Å². The lowest BCUT2D eigenvalue weighted by molar-refractivity contribution is -0.122. The Labute approximate surface area is 136 Å². The number of rotatable bonds is 6. The lowest BCUT2D eigenvalue weighted by Crippen LogP contribution is -2.37. The fourth-order valence-corrected chi connectivity index (χ4v) is 5.36. The molecule has 2 heterocycles. The molecular weight excluding hydrogens is 298 g/mol. The molecule has 0 aromatic rings. The molecular formula is C16H27N3O2S. The first-order chi connectivity index (χ1) is 10.7. The molecule has 1 saturated carbocycles. The largest absolute Gasteiger partial charge is 0.353 e. The summed E-state index contributed by atoms with van der Waals surface area (Å²) in [7, 11) is 0. The maximum absolute atomic E-state index is 11.9. The van der Waals surface area contributed by atoms with Crippen LogP contribution in [0, 0.1) is 0 Å². The maximum atomic E-state index is 11.9. The molecule has 0 unspecified atom stereocenters. The molecule has 3 aliphatic rings. The monoisotopic (exact) mass is 325 g/mol. The second-order valence-electron chi connectivity index (χ2n) is 6.77. The van der Waals surface area contributed by atoms with E-state index >= 15 is 0 Å². The summed E-state index contributed by atoms with van der Waals surface area (Å²) in [4.78, 5) is 23.3. The molecule has 6 heteroatoms. The molecule has 2 aliphatic heterocycles. The SMILES string of the molecule is O=C(CCCC[C@@H]1SC[C@@H]2NC(=O)N[C@@H]21)NC1CCCCC1. The zero-order valence-electron chi connectivity index (χ0n) is 13.1. The van der Waals surface area contributed by atoms with Gasteiger partial charge in [-0.25, -0.2) is 4.79 Å². The van der Waals surface area contributed by atoms with E-state index in [1.54, 1.807) is 0 Å². The highest BCUT2D eigenvalue weighted by atomic mass is 32.2. The summed E-state index contributed by atoms with van der Waals surface area (Å²) in [5.41, 5.74) is 0. The normalized spacial score (nSPS) is 31.5. The van der Waals surface area contributed by atoms with Gasteiger partial charge >= 0.3 is 6.03 Å². The van der Waals surface area contributed by atoms with E-state index in [1.165, 1.54) is 19.3 Å². The van der Waals surface area contributed by atoms with Gasteiger partial charge in [0.2, 0.25) is 5.91 Å². The van der Waals surface area contributed by atoms with Crippen LogP contribution in [0.2, 0.25) is 0 Å². The zero-order valence-corrected chi connectivity index (χ0v) is 13.9. The Balaban J connectivity index is 1.29. The minimum atomic E-state index is -0.0211. The number of fused-ring (bicyclic) bond motifs is 1. The third-order valence-electron chi connectivity index (χ3n) is 5.05. The van der Waals surface area contributed by atoms with E-state index in [0.717, 1.165) is 37.9 Å². The molecule has 1 aliphatic carbocycles. The van der Waals surface area contributed by atoms with Crippen molar-refractivity contribution in [3.63, 3.8) is 0 Å². The fourth-order valence-electron chi connectivity index (χ4n) is 3.82. The predicted octanol–water partition coefficient (Wildman–Crippen LogP) is 2.16. The van der Waals surface area contributed by atoms with Crippen LogP contribution in [0.5, 0.6) is 0 Å². The summed E-state index contributed by atoms with van der Waals surface area (Å²) in [5.74, 6) is 1.23. The first-order valence-electron chi connectivity index (χ1n) is 8.70. The topological polar surface area (TPSA) is 70.2 Å². The molecule has 3 N–H and O–H groups in total. The van der Waals surface area contributed by atoms with Crippen LogP contribution in [0.4, 0.5) is 4.79 Å². The first kappa shape index (κ1) is 16.0. The van der Waals surface area contributed by atoms with Gasteiger partial charge in [0, 0.05) is 23.5 Å². The quantitative estimate of drug-likeness (QED) is 0.518. The van der Waals surface area contributed by atoms with Crippen molar-refractivity contribution in [3.05, 3.63) is 0 Å². The van der Waals surface area contributed by atoms with Crippen molar-refractivity contribution in [3.8, 4) is 0 Å². The van der Waals surface area contributed by atoms with Gasteiger partial charge in [-0.15, -0.1) is 0 Å². The van der Waals surface area contributed by atoms with Crippen LogP contribution in [-0.2, 0) is 4.79 Å². The highest BCUT2D eigenvalue weighted by Crippen LogP contribution is 2.33. The molecule has 5 nitrogen and oxygen atoms in total. The standard InChI is InChI=1S/C16H27N3O2S/c20-14(17-11-6-2-1-3-7-11)9-5-4-8-13-15-12(10-22-13)18-16(21)19-15/h11-13,15H,1-10H2,(H,17,20)(H2,18,19,21)/t12-,13-,15-/m0/s1. The van der Waals surface area contributed by atoms with Crippen LogP contribution in [0.3, 0.4) is 0 Å². The zero-order chi connectivity index (χ0) is 15.4. The van der Waals surface area contributed by atoms with Gasteiger partial charge in [0.15, 0.2) is 0 Å². The van der Waals surface area contributed by atoms with Crippen molar-refractivity contribution in [2.24, 2.45) is 0 Å². The number of hydrogen-bond acceptors (Lipinski definition) is 3. The fraction of sp³-hybridized carbons (Fsp3) is 0.875. The van der Waals surface area contributed by atoms with Crippen LogP contribution >= 0.6 is 11.8 Å². The van der Waals surface area contributed by atoms with E-state index in [9.17, 15) is 9.59 Å². The second kappa shape index (κ2) is 7.57. The predicted molar refractivity (Wildman–Crippen MR) is 89.0 cm³/mol. The van der Waals surface area contributed by atoms with Crippen molar-refractivity contribution < 1.29 is 9.59 Å². The Morgan fingerprint density at radius 3 is 2.82 bits per heavy atom. The van der Waals surface area contributed by atoms with Crippen LogP contribution in [0.1, 0.15) is 57.8 Å². The maximum Gasteiger partial charge on any atom is 0.315 e. The molecule has 0 spiro atoms. The van der Waals surface area contributed by atoms with E-state index in [2.05, 4.69) is 16.0 Å². The molecule has 3 atom stereocenters. The van der Waals surface area contributed by atoms with Crippen molar-refractivity contribution in [2.75, 3.05) is 5.75 Å². The number of carbonyl (C=O) groups excluding carboxylic acids is 2. The summed E-state index contributed by atoms with van der Waals surface area (Å²) in [5, 5.41) is 9.67. The second-order valence-corrected chi connectivity index (χ2v) is 8.04. The van der Waals surface area contributed by atoms with E-state index in [1.807, 2.05) is 11.8 Å². The highest BCUT2D eigenvalue weighted by Gasteiger charge is 2.42. The minimum Gasteiger partial charge on any atom is -0.353 e. The van der Waals surface area contributed by atoms with Gasteiger partial charge in [0.05, 0.1) is 12.1 Å².